The van der Waals surface area contributed by atoms with Crippen LogP contribution in [-0.4, -0.2) is 40.0 Å². The van der Waals surface area contributed by atoms with Gasteiger partial charge in [-0.05, 0) is 48.4 Å². The number of carbonyl (C=O) groups is 2. The smallest absolute Gasteiger partial charge is 0.338 e. The summed E-state index contributed by atoms with van der Waals surface area (Å²) in [5.74, 6) is -2.74. The Morgan fingerprint density at radius 3 is 2.28 bits per heavy atom. The summed E-state index contributed by atoms with van der Waals surface area (Å²) in [6, 6.07) is 17.4. The van der Waals surface area contributed by atoms with Gasteiger partial charge in [0.05, 0.1) is 45.2 Å². The summed E-state index contributed by atoms with van der Waals surface area (Å²) < 4.78 is 11.6. The molecule has 0 bridgehead atoms. The second-order valence-corrected chi connectivity index (χ2v) is 10.8. The summed E-state index contributed by atoms with van der Waals surface area (Å²) >= 11 is 0.871. The van der Waals surface area contributed by atoms with E-state index >= 15 is 0 Å². The fourth-order valence-corrected chi connectivity index (χ4v) is 6.16. The monoisotopic (exact) mass is 643 g/mol. The Hall–Kier alpha value is -6.09. The lowest BCUT2D eigenvalue weighted by atomic mass is 9.82. The molecule has 1 aliphatic rings. The molecule has 1 amide bonds. The number of nitrogens with zero attached hydrogens (tertiary/aromatic N) is 3. The molecule has 2 heterocycles. The number of ether oxygens (including phenoxy) is 2. The molecule has 234 valence electrons. The van der Waals surface area contributed by atoms with Gasteiger partial charge in [-0.3, -0.25) is 34.4 Å². The van der Waals surface area contributed by atoms with Crippen molar-refractivity contribution in [3.8, 4) is 5.75 Å². The van der Waals surface area contributed by atoms with E-state index in [-0.39, 0.29) is 49.7 Å². The summed E-state index contributed by atoms with van der Waals surface area (Å²) in [6.45, 7) is 1.50. The molecule has 0 saturated heterocycles. The van der Waals surface area contributed by atoms with E-state index in [1.807, 2.05) is 0 Å². The predicted octanol–water partition coefficient (Wildman–Crippen LogP) is 2.84. The normalized spacial score (nSPS) is 14.4. The molecule has 0 aliphatic carbocycles. The van der Waals surface area contributed by atoms with E-state index < -0.39 is 33.2 Å². The number of nitrogens with one attached hydrogen (secondary N) is 1. The highest BCUT2D eigenvalue weighted by atomic mass is 32.1. The van der Waals surface area contributed by atoms with Crippen LogP contribution in [0.5, 0.6) is 5.75 Å². The Morgan fingerprint density at radius 2 is 1.65 bits per heavy atom. The molecule has 14 nitrogen and oxygen atoms in total. The first kappa shape index (κ1) is 31.3. The van der Waals surface area contributed by atoms with Crippen LogP contribution in [0, 0.1) is 20.2 Å². The SMILES string of the molecule is CCOC(=O)C1=C(N)n2c(s/c(=C\c3cccc([N+](=O)[O-])c3)c2=O)=C(C(=O)Nc2ccc(OC)cc2)C1c1cccc([N+](=O)[O-])c1. The number of amides is 1. The molecular weight excluding hydrogens is 618 g/mol. The first-order chi connectivity index (χ1) is 22.0. The second kappa shape index (κ2) is 12.9. The van der Waals surface area contributed by atoms with Crippen LogP contribution in [0.15, 0.2) is 83.2 Å². The number of esters is 1. The van der Waals surface area contributed by atoms with Gasteiger partial charge in [-0.25, -0.2) is 4.79 Å². The highest BCUT2D eigenvalue weighted by molar-refractivity contribution is 7.07. The van der Waals surface area contributed by atoms with Crippen LogP contribution in [0.3, 0.4) is 0 Å². The quantitative estimate of drug-likeness (QED) is 0.155. The first-order valence-electron chi connectivity index (χ1n) is 13.6. The number of thiazole rings is 1. The molecule has 46 heavy (non-hydrogen) atoms. The van der Waals surface area contributed by atoms with E-state index in [0.717, 1.165) is 15.9 Å². The molecule has 5 rings (SSSR count). The Labute approximate surface area is 263 Å². The van der Waals surface area contributed by atoms with Crippen molar-refractivity contribution in [3.63, 3.8) is 0 Å². The average Bonchev–Trinajstić information content (AvgIpc) is 3.36. The van der Waals surface area contributed by atoms with Crippen LogP contribution in [0.1, 0.15) is 24.0 Å². The molecule has 1 atom stereocenters. The van der Waals surface area contributed by atoms with Gasteiger partial charge in [-0.15, -0.1) is 11.3 Å². The van der Waals surface area contributed by atoms with Crippen LogP contribution in [0.25, 0.3) is 17.5 Å². The Balaban J connectivity index is 1.84. The van der Waals surface area contributed by atoms with Crippen molar-refractivity contribution in [1.29, 1.82) is 0 Å². The number of hydrogen-bond acceptors (Lipinski definition) is 11. The van der Waals surface area contributed by atoms with Crippen molar-refractivity contribution in [2.24, 2.45) is 5.73 Å². The number of hydrogen-bond donors (Lipinski definition) is 2. The number of non-ortho nitro benzene ring substituents is 2. The maximum absolute atomic E-state index is 14.2. The summed E-state index contributed by atoms with van der Waals surface area (Å²) in [7, 11) is 1.49. The number of nitro benzene ring substituents is 2. The Bertz CT molecular complexity index is 2120. The highest BCUT2D eigenvalue weighted by Gasteiger charge is 2.39. The molecule has 3 aromatic carbocycles. The molecule has 0 fully saturated rings. The maximum atomic E-state index is 14.2. The lowest BCUT2D eigenvalue weighted by Crippen LogP contribution is -2.42. The largest absolute Gasteiger partial charge is 0.497 e. The number of fused-ring (bicyclic) bond motifs is 1. The lowest BCUT2D eigenvalue weighted by molar-refractivity contribution is -0.385. The Morgan fingerprint density at radius 1 is 1.00 bits per heavy atom. The van der Waals surface area contributed by atoms with Gasteiger partial charge in [-0.2, -0.15) is 0 Å². The van der Waals surface area contributed by atoms with Gasteiger partial charge in [0.1, 0.15) is 16.2 Å². The number of benzene rings is 3. The number of methoxy groups -OCH3 is 1. The van der Waals surface area contributed by atoms with Gasteiger partial charge in [0, 0.05) is 30.0 Å². The van der Waals surface area contributed by atoms with Crippen LogP contribution in [0.2, 0.25) is 0 Å². The van der Waals surface area contributed by atoms with Gasteiger partial charge in [0.15, 0.2) is 0 Å². The molecule has 15 heteroatoms. The topological polar surface area (TPSA) is 199 Å². The molecule has 1 unspecified atom stereocenters. The Kier molecular flexibility index (Phi) is 8.77. The van der Waals surface area contributed by atoms with Crippen molar-refractivity contribution in [1.82, 2.24) is 4.57 Å². The van der Waals surface area contributed by atoms with E-state index in [4.69, 9.17) is 15.2 Å². The molecule has 0 spiro atoms. The number of anilines is 1. The summed E-state index contributed by atoms with van der Waals surface area (Å²) in [4.78, 5) is 63.4. The zero-order valence-corrected chi connectivity index (χ0v) is 25.1. The van der Waals surface area contributed by atoms with Crippen molar-refractivity contribution < 1.29 is 28.9 Å². The third-order valence-corrected chi connectivity index (χ3v) is 8.14. The molecule has 4 aromatic rings. The third-order valence-electron chi connectivity index (χ3n) is 7.03. The third kappa shape index (κ3) is 5.98. The van der Waals surface area contributed by atoms with Crippen molar-refractivity contribution >= 4 is 57.7 Å². The first-order valence-corrected chi connectivity index (χ1v) is 14.4. The maximum Gasteiger partial charge on any atom is 0.338 e. The van der Waals surface area contributed by atoms with Crippen LogP contribution >= 0.6 is 11.3 Å². The van der Waals surface area contributed by atoms with Crippen LogP contribution in [0.4, 0.5) is 17.1 Å². The second-order valence-electron chi connectivity index (χ2n) is 9.81. The van der Waals surface area contributed by atoms with E-state index in [1.54, 1.807) is 37.3 Å². The van der Waals surface area contributed by atoms with Gasteiger partial charge < -0.3 is 20.5 Å². The van der Waals surface area contributed by atoms with E-state index in [1.165, 1.54) is 55.7 Å². The van der Waals surface area contributed by atoms with Crippen LogP contribution in [-0.2, 0) is 14.3 Å². The highest BCUT2D eigenvalue weighted by Crippen LogP contribution is 2.39. The number of carbonyl (C=O) groups excluding carboxylic acids is 2. The molecule has 0 radical (unpaired) electrons. The van der Waals surface area contributed by atoms with E-state index in [9.17, 15) is 34.6 Å². The minimum Gasteiger partial charge on any atom is -0.497 e. The van der Waals surface area contributed by atoms with Gasteiger partial charge in [-0.1, -0.05) is 24.3 Å². The number of nitro groups is 2. The van der Waals surface area contributed by atoms with Gasteiger partial charge in [0.25, 0.3) is 22.8 Å². The minimum absolute atomic E-state index is 0.0507. The fraction of sp³-hybridized carbons (Fsp3) is 0.129. The summed E-state index contributed by atoms with van der Waals surface area (Å²) in [5, 5.41) is 25.8. The summed E-state index contributed by atoms with van der Waals surface area (Å²) in [6.07, 6.45) is 1.41. The number of aromatic nitrogens is 1. The molecule has 3 N–H and O–H groups in total. The molecule has 0 saturated carbocycles. The molecular formula is C31H25N5O9S. The zero-order chi connectivity index (χ0) is 33.1. The van der Waals surface area contributed by atoms with Crippen LogP contribution < -0.4 is 30.5 Å². The van der Waals surface area contributed by atoms with E-state index in [2.05, 4.69) is 5.32 Å². The van der Waals surface area contributed by atoms with Gasteiger partial charge >= 0.3 is 5.97 Å². The van der Waals surface area contributed by atoms with Crippen molar-refractivity contribution in [2.45, 2.75) is 12.8 Å². The van der Waals surface area contributed by atoms with E-state index in [0.29, 0.717) is 17.0 Å². The predicted molar refractivity (Wildman–Crippen MR) is 169 cm³/mol. The average molecular weight is 644 g/mol. The minimum atomic E-state index is -1.29. The van der Waals surface area contributed by atoms with Crippen molar-refractivity contribution in [3.05, 3.63) is 129 Å². The standard InChI is InChI=1S/C31H25N5O9S/c1-3-45-31(39)25-24(18-7-5-9-21(16-18)36(42)43)26(28(37)33-19-10-12-22(44-2)13-11-19)30-34(27(25)32)29(38)23(46-30)15-17-6-4-8-20(14-17)35(40)41/h4-16,24H,3,32H2,1-2H3,(H,33,37)/b23-15-. The zero-order valence-electron chi connectivity index (χ0n) is 24.3. The van der Waals surface area contributed by atoms with Gasteiger partial charge in [0.2, 0.25) is 0 Å². The lowest BCUT2D eigenvalue weighted by Gasteiger charge is -2.27. The summed E-state index contributed by atoms with van der Waals surface area (Å²) in [5.41, 5.74) is 5.81. The number of rotatable bonds is 9. The molecule has 1 aliphatic heterocycles. The molecule has 1 aromatic heterocycles. The van der Waals surface area contributed by atoms with Crippen molar-refractivity contribution in [2.75, 3.05) is 19.0 Å². The number of nitrogens with two attached hydrogens (primary N) is 1. The fourth-order valence-electron chi connectivity index (χ4n) is 4.98.